The fraction of sp³-hybridized carbons (Fsp3) is 0.455. The molecule has 34 heavy (non-hydrogen) atoms. The molecular weight excluding hydrogens is 442 g/mol. The molecule has 1 aromatic carbocycles. The minimum absolute atomic E-state index is 0.141. The Morgan fingerprint density at radius 1 is 1.21 bits per heavy atom. The number of piperidine rings is 1. The maximum atomic E-state index is 12.2. The molecule has 3 aromatic rings. The van der Waals surface area contributed by atoms with Crippen molar-refractivity contribution in [2.45, 2.75) is 44.6 Å². The summed E-state index contributed by atoms with van der Waals surface area (Å²) >= 11 is 0. The van der Waals surface area contributed by atoms with Crippen molar-refractivity contribution in [2.75, 3.05) is 25.0 Å². The summed E-state index contributed by atoms with van der Waals surface area (Å²) in [5.41, 5.74) is -0.236. The summed E-state index contributed by atoms with van der Waals surface area (Å²) < 4.78 is 5.23. The third kappa shape index (κ3) is 5.50. The normalized spacial score (nSPS) is 15.9. The lowest BCUT2D eigenvalue weighted by atomic mass is 10.0. The molecule has 0 saturated carbocycles. The van der Waals surface area contributed by atoms with Crippen LogP contribution in [0.5, 0.6) is 0 Å². The van der Waals surface area contributed by atoms with E-state index < -0.39 is 12.1 Å². The van der Waals surface area contributed by atoms with E-state index in [2.05, 4.69) is 31.0 Å². The number of hydrogen-bond donors (Lipinski definition) is 4. The zero-order valence-corrected chi connectivity index (χ0v) is 18.6. The molecule has 0 radical (unpaired) electrons. The minimum Gasteiger partial charge on any atom is -0.465 e. The van der Waals surface area contributed by atoms with Crippen LogP contribution in [-0.4, -0.2) is 62.0 Å². The molecule has 1 fully saturated rings. The number of nitrogens with one attached hydrogen (secondary N) is 3. The van der Waals surface area contributed by atoms with Crippen molar-refractivity contribution in [3.8, 4) is 0 Å². The zero-order chi connectivity index (χ0) is 23.9. The van der Waals surface area contributed by atoms with E-state index in [4.69, 9.17) is 4.52 Å². The molecule has 12 nitrogen and oxygen atoms in total. The van der Waals surface area contributed by atoms with Crippen molar-refractivity contribution in [1.29, 1.82) is 0 Å². The van der Waals surface area contributed by atoms with Crippen molar-refractivity contribution in [1.82, 2.24) is 30.6 Å². The van der Waals surface area contributed by atoms with Crippen molar-refractivity contribution in [2.24, 2.45) is 0 Å². The Kier molecular flexibility index (Phi) is 7.35. The van der Waals surface area contributed by atoms with Crippen LogP contribution in [0, 0.1) is 0 Å². The number of aryl methyl sites for hydroxylation is 1. The van der Waals surface area contributed by atoms with Crippen LogP contribution in [0.2, 0.25) is 0 Å². The molecule has 0 spiro atoms. The summed E-state index contributed by atoms with van der Waals surface area (Å²) in [6.07, 6.45) is 2.53. The SMILES string of the molecule is O=C(CCc1nc(C2CCCCN2C(=O)O)no1)NCCCNc1n[nH]c(=O)c2ccccc12. The number of H-pyrrole nitrogens is 1. The third-order valence-corrected chi connectivity index (χ3v) is 5.76. The van der Waals surface area contributed by atoms with Gasteiger partial charge >= 0.3 is 6.09 Å². The van der Waals surface area contributed by atoms with E-state index in [1.54, 1.807) is 12.1 Å². The lowest BCUT2D eigenvalue weighted by molar-refractivity contribution is -0.121. The molecular formula is C22H27N7O5. The van der Waals surface area contributed by atoms with E-state index in [1.165, 1.54) is 4.90 Å². The number of rotatable bonds is 9. The minimum atomic E-state index is -0.991. The number of benzene rings is 1. The van der Waals surface area contributed by atoms with Gasteiger partial charge in [-0.1, -0.05) is 23.4 Å². The fourth-order valence-corrected chi connectivity index (χ4v) is 4.02. The fourth-order valence-electron chi connectivity index (χ4n) is 4.02. The van der Waals surface area contributed by atoms with Gasteiger partial charge in [0.2, 0.25) is 11.8 Å². The topological polar surface area (TPSA) is 166 Å². The zero-order valence-electron chi connectivity index (χ0n) is 18.6. The maximum Gasteiger partial charge on any atom is 0.407 e. The van der Waals surface area contributed by atoms with Crippen molar-refractivity contribution in [3.05, 3.63) is 46.3 Å². The standard InChI is InChI=1S/C22H27N7O5/c30-17(9-10-18-25-20(28-34-18)16-8-3-4-13-29(16)22(32)33)23-11-5-12-24-19-14-6-1-2-7-15(14)21(31)27-26-19/h1-2,6-7,16H,3-5,8-13H2,(H,23,30)(H,24,26)(H,27,31)(H,32,33). The van der Waals surface area contributed by atoms with Gasteiger partial charge in [0.1, 0.15) is 0 Å². The summed E-state index contributed by atoms with van der Waals surface area (Å²) in [6.45, 7) is 1.49. The van der Waals surface area contributed by atoms with Crippen LogP contribution in [0.15, 0.2) is 33.6 Å². The lowest BCUT2D eigenvalue weighted by Gasteiger charge is -2.31. The Labute approximate surface area is 194 Å². The first kappa shape index (κ1) is 23.2. The highest BCUT2D eigenvalue weighted by atomic mass is 16.5. The van der Waals surface area contributed by atoms with Gasteiger partial charge < -0.3 is 20.3 Å². The number of amides is 2. The van der Waals surface area contributed by atoms with Gasteiger partial charge in [-0.05, 0) is 31.7 Å². The van der Waals surface area contributed by atoms with Crippen LogP contribution in [-0.2, 0) is 11.2 Å². The second-order valence-corrected chi connectivity index (χ2v) is 8.11. The number of hydrogen-bond acceptors (Lipinski definition) is 8. The Morgan fingerprint density at radius 3 is 2.85 bits per heavy atom. The van der Waals surface area contributed by atoms with Crippen LogP contribution in [0.4, 0.5) is 10.6 Å². The molecule has 3 heterocycles. The molecule has 1 saturated heterocycles. The summed E-state index contributed by atoms with van der Waals surface area (Å²) in [6, 6.07) is 6.81. The molecule has 1 atom stereocenters. The number of likely N-dealkylation sites (tertiary alicyclic amines) is 1. The van der Waals surface area contributed by atoms with Gasteiger partial charge in [0.15, 0.2) is 11.6 Å². The number of aromatic nitrogens is 4. The largest absolute Gasteiger partial charge is 0.465 e. The molecule has 12 heteroatoms. The van der Waals surface area contributed by atoms with Crippen LogP contribution in [0.3, 0.4) is 0 Å². The van der Waals surface area contributed by atoms with Crippen LogP contribution in [0.1, 0.15) is 49.9 Å². The predicted octanol–water partition coefficient (Wildman–Crippen LogP) is 2.06. The predicted molar refractivity (Wildman–Crippen MR) is 122 cm³/mol. The highest BCUT2D eigenvalue weighted by molar-refractivity contribution is 5.90. The average Bonchev–Trinajstić information content (AvgIpc) is 3.33. The van der Waals surface area contributed by atoms with Gasteiger partial charge in [0.05, 0.1) is 11.4 Å². The first-order valence-corrected chi connectivity index (χ1v) is 11.3. The number of carbonyl (C=O) groups is 2. The van der Waals surface area contributed by atoms with Crippen LogP contribution < -0.4 is 16.2 Å². The number of anilines is 1. The molecule has 1 aliphatic heterocycles. The Balaban J connectivity index is 1.18. The van der Waals surface area contributed by atoms with Crippen molar-refractivity contribution >= 4 is 28.6 Å². The number of carboxylic acid groups (broad SMARTS) is 1. The van der Waals surface area contributed by atoms with Gasteiger partial charge in [-0.3, -0.25) is 14.5 Å². The monoisotopic (exact) mass is 469 g/mol. The maximum absolute atomic E-state index is 12.2. The van der Waals surface area contributed by atoms with Gasteiger partial charge in [-0.2, -0.15) is 10.1 Å². The highest BCUT2D eigenvalue weighted by Gasteiger charge is 2.31. The number of carbonyl (C=O) groups excluding carboxylic acids is 1. The smallest absolute Gasteiger partial charge is 0.407 e. The van der Waals surface area contributed by atoms with Crippen molar-refractivity contribution < 1.29 is 19.2 Å². The van der Waals surface area contributed by atoms with E-state index in [0.29, 0.717) is 55.4 Å². The Hall–Kier alpha value is -3.96. The van der Waals surface area contributed by atoms with E-state index in [1.807, 2.05) is 12.1 Å². The first-order chi connectivity index (χ1) is 16.5. The van der Waals surface area contributed by atoms with E-state index in [-0.39, 0.29) is 24.3 Å². The molecule has 2 aromatic heterocycles. The lowest BCUT2D eigenvalue weighted by Crippen LogP contribution is -2.37. The Bertz CT molecular complexity index is 1210. The van der Waals surface area contributed by atoms with E-state index in [0.717, 1.165) is 18.2 Å². The highest BCUT2D eigenvalue weighted by Crippen LogP contribution is 2.29. The second kappa shape index (κ2) is 10.8. The van der Waals surface area contributed by atoms with Gasteiger partial charge in [-0.25, -0.2) is 9.89 Å². The van der Waals surface area contributed by atoms with Crippen LogP contribution in [0.25, 0.3) is 10.8 Å². The molecule has 4 rings (SSSR count). The van der Waals surface area contributed by atoms with E-state index >= 15 is 0 Å². The van der Waals surface area contributed by atoms with Crippen LogP contribution >= 0.6 is 0 Å². The molecule has 1 aliphatic rings. The summed E-state index contributed by atoms with van der Waals surface area (Å²) in [7, 11) is 0. The molecule has 180 valence electrons. The van der Waals surface area contributed by atoms with Gasteiger partial charge in [0, 0.05) is 37.9 Å². The third-order valence-electron chi connectivity index (χ3n) is 5.76. The molecule has 1 unspecified atom stereocenters. The van der Waals surface area contributed by atoms with Gasteiger partial charge in [-0.15, -0.1) is 0 Å². The van der Waals surface area contributed by atoms with E-state index in [9.17, 15) is 19.5 Å². The molecule has 0 bridgehead atoms. The molecule has 4 N–H and O–H groups in total. The number of nitrogens with zero attached hydrogens (tertiary/aromatic N) is 4. The van der Waals surface area contributed by atoms with Gasteiger partial charge in [0.25, 0.3) is 5.56 Å². The molecule has 0 aliphatic carbocycles. The second-order valence-electron chi connectivity index (χ2n) is 8.11. The quantitative estimate of drug-likeness (QED) is 0.343. The number of fused-ring (bicyclic) bond motifs is 1. The Morgan fingerprint density at radius 2 is 2.03 bits per heavy atom. The summed E-state index contributed by atoms with van der Waals surface area (Å²) in [5, 5.41) is 27.2. The summed E-state index contributed by atoms with van der Waals surface area (Å²) in [4.78, 5) is 41.1. The molecule has 2 amide bonds. The van der Waals surface area contributed by atoms with Crippen molar-refractivity contribution in [3.63, 3.8) is 0 Å². The first-order valence-electron chi connectivity index (χ1n) is 11.3. The average molecular weight is 470 g/mol. The summed E-state index contributed by atoms with van der Waals surface area (Å²) in [5.74, 6) is 1.12. The number of aromatic amines is 1.